The van der Waals surface area contributed by atoms with Crippen molar-refractivity contribution in [2.75, 3.05) is 19.0 Å². The Morgan fingerprint density at radius 1 is 1.53 bits per heavy atom. The van der Waals surface area contributed by atoms with E-state index in [4.69, 9.17) is 16.3 Å². The van der Waals surface area contributed by atoms with E-state index in [9.17, 15) is 4.79 Å². The van der Waals surface area contributed by atoms with Gasteiger partial charge in [-0.3, -0.25) is 0 Å². The Kier molecular flexibility index (Phi) is 4.26. The van der Waals surface area contributed by atoms with Crippen LogP contribution in [0.5, 0.6) is 0 Å². The number of carbonyl (C=O) groups is 1. The van der Waals surface area contributed by atoms with Crippen molar-refractivity contribution in [2.45, 2.75) is 39.2 Å². The van der Waals surface area contributed by atoms with Crippen molar-refractivity contribution in [3.8, 4) is 0 Å². The second kappa shape index (κ2) is 5.06. The highest BCUT2D eigenvalue weighted by Crippen LogP contribution is 2.19. The largest absolute Gasteiger partial charge is 0.444 e. The zero-order valence-corrected chi connectivity index (χ0v) is 10.5. The second-order valence-corrected chi connectivity index (χ2v) is 5.40. The molecule has 1 saturated heterocycles. The predicted octanol–water partition coefficient (Wildman–Crippen LogP) is 2.87. The molecular formula is C11H20ClNO2. The van der Waals surface area contributed by atoms with Gasteiger partial charge in [-0.1, -0.05) is 0 Å². The van der Waals surface area contributed by atoms with Crippen LogP contribution >= 0.6 is 11.6 Å². The number of rotatable bonds is 1. The van der Waals surface area contributed by atoms with Gasteiger partial charge in [-0.2, -0.15) is 0 Å². The van der Waals surface area contributed by atoms with Crippen LogP contribution in [0, 0.1) is 5.92 Å². The topological polar surface area (TPSA) is 29.5 Å². The molecule has 88 valence electrons. The van der Waals surface area contributed by atoms with Crippen molar-refractivity contribution in [2.24, 2.45) is 5.92 Å². The van der Waals surface area contributed by atoms with E-state index >= 15 is 0 Å². The molecule has 1 rings (SSSR count). The second-order valence-electron chi connectivity index (χ2n) is 5.09. The summed E-state index contributed by atoms with van der Waals surface area (Å²) in [5, 5.41) is 0. The van der Waals surface area contributed by atoms with Crippen molar-refractivity contribution in [3.05, 3.63) is 0 Å². The van der Waals surface area contributed by atoms with Crippen molar-refractivity contribution in [3.63, 3.8) is 0 Å². The molecule has 0 aromatic heterocycles. The average molecular weight is 234 g/mol. The first-order valence-corrected chi connectivity index (χ1v) is 5.99. The minimum atomic E-state index is -0.412. The summed E-state index contributed by atoms with van der Waals surface area (Å²) in [7, 11) is 0. The molecule has 0 aromatic carbocycles. The number of alkyl halides is 1. The molecule has 1 aliphatic heterocycles. The first-order chi connectivity index (χ1) is 6.92. The molecule has 4 heteroatoms. The number of hydrogen-bond donors (Lipinski definition) is 0. The van der Waals surface area contributed by atoms with Crippen molar-refractivity contribution in [1.29, 1.82) is 0 Å². The van der Waals surface area contributed by atoms with E-state index in [0.29, 0.717) is 11.8 Å². The van der Waals surface area contributed by atoms with Crippen LogP contribution in [0.2, 0.25) is 0 Å². The summed E-state index contributed by atoms with van der Waals surface area (Å²) in [6, 6.07) is 0. The monoisotopic (exact) mass is 233 g/mol. The van der Waals surface area contributed by atoms with Crippen molar-refractivity contribution >= 4 is 17.7 Å². The fourth-order valence-electron chi connectivity index (χ4n) is 1.68. The Morgan fingerprint density at radius 3 is 2.73 bits per heavy atom. The fraction of sp³-hybridized carbons (Fsp3) is 0.909. The lowest BCUT2D eigenvalue weighted by atomic mass is 10.0. The third kappa shape index (κ3) is 4.29. The van der Waals surface area contributed by atoms with Gasteiger partial charge in [-0.25, -0.2) is 4.79 Å². The summed E-state index contributed by atoms with van der Waals surface area (Å²) in [5.74, 6) is 1.05. The molecule has 0 bridgehead atoms. The first kappa shape index (κ1) is 12.6. The maximum absolute atomic E-state index is 11.7. The molecule has 0 aromatic rings. The summed E-state index contributed by atoms with van der Waals surface area (Å²) >= 11 is 5.80. The quantitative estimate of drug-likeness (QED) is 0.652. The van der Waals surface area contributed by atoms with Gasteiger partial charge in [0, 0.05) is 19.0 Å². The Bertz CT molecular complexity index is 225. The van der Waals surface area contributed by atoms with Gasteiger partial charge in [0.25, 0.3) is 0 Å². The number of nitrogens with zero attached hydrogens (tertiary/aromatic N) is 1. The van der Waals surface area contributed by atoms with Gasteiger partial charge in [-0.15, -0.1) is 11.6 Å². The molecule has 0 unspecified atom stereocenters. The molecule has 0 radical (unpaired) electrons. The van der Waals surface area contributed by atoms with E-state index in [1.807, 2.05) is 20.8 Å². The van der Waals surface area contributed by atoms with Gasteiger partial charge < -0.3 is 9.64 Å². The van der Waals surface area contributed by atoms with Crippen LogP contribution < -0.4 is 0 Å². The predicted molar refractivity (Wildman–Crippen MR) is 61.3 cm³/mol. The zero-order chi connectivity index (χ0) is 11.5. The Hall–Kier alpha value is -0.440. The lowest BCUT2D eigenvalue weighted by Gasteiger charge is -2.33. The summed E-state index contributed by atoms with van der Waals surface area (Å²) in [5.41, 5.74) is -0.412. The molecule has 1 aliphatic rings. The highest BCUT2D eigenvalue weighted by atomic mass is 35.5. The summed E-state index contributed by atoms with van der Waals surface area (Å²) in [6.07, 6.45) is 1.93. The molecule has 1 heterocycles. The summed E-state index contributed by atoms with van der Waals surface area (Å²) < 4.78 is 5.31. The van der Waals surface area contributed by atoms with Crippen LogP contribution in [0.15, 0.2) is 0 Å². The average Bonchev–Trinajstić information content (AvgIpc) is 2.15. The third-order valence-corrected chi connectivity index (χ3v) is 2.83. The zero-order valence-electron chi connectivity index (χ0n) is 9.75. The van der Waals surface area contributed by atoms with Crippen molar-refractivity contribution < 1.29 is 9.53 Å². The van der Waals surface area contributed by atoms with E-state index in [1.54, 1.807) is 4.90 Å². The standard InChI is InChI=1S/C11H20ClNO2/c1-11(2,3)15-10(14)13-6-4-5-9(7-12)8-13/h9H,4-8H2,1-3H3/t9-/m1/s1. The normalized spacial score (nSPS) is 22.7. The van der Waals surface area contributed by atoms with Gasteiger partial charge in [0.15, 0.2) is 0 Å². The number of ether oxygens (including phenoxy) is 1. The molecule has 3 nitrogen and oxygen atoms in total. The molecule has 15 heavy (non-hydrogen) atoms. The van der Waals surface area contributed by atoms with Gasteiger partial charge >= 0.3 is 6.09 Å². The maximum Gasteiger partial charge on any atom is 0.410 e. The molecule has 1 atom stereocenters. The number of halogens is 1. The van der Waals surface area contributed by atoms with Crippen LogP contribution in [0.3, 0.4) is 0 Å². The first-order valence-electron chi connectivity index (χ1n) is 5.46. The third-order valence-electron chi connectivity index (χ3n) is 2.39. The SMILES string of the molecule is CC(C)(C)OC(=O)N1CCC[C@H](CCl)C1. The summed E-state index contributed by atoms with van der Waals surface area (Å²) in [6.45, 7) is 7.18. The Balaban J connectivity index is 2.45. The van der Waals surface area contributed by atoms with E-state index in [1.165, 1.54) is 0 Å². The van der Waals surface area contributed by atoms with Crippen LogP contribution in [-0.2, 0) is 4.74 Å². The smallest absolute Gasteiger partial charge is 0.410 e. The van der Waals surface area contributed by atoms with Crippen LogP contribution in [-0.4, -0.2) is 35.6 Å². The van der Waals surface area contributed by atoms with Gasteiger partial charge in [0.05, 0.1) is 0 Å². The highest BCUT2D eigenvalue weighted by Gasteiger charge is 2.26. The maximum atomic E-state index is 11.7. The molecule has 0 N–H and O–H groups in total. The molecular weight excluding hydrogens is 214 g/mol. The molecule has 1 fully saturated rings. The lowest BCUT2D eigenvalue weighted by Crippen LogP contribution is -2.43. The molecule has 0 spiro atoms. The fourth-order valence-corrected chi connectivity index (χ4v) is 1.94. The molecule has 1 amide bonds. The minimum Gasteiger partial charge on any atom is -0.444 e. The van der Waals surface area contributed by atoms with Crippen LogP contribution in [0.4, 0.5) is 4.79 Å². The van der Waals surface area contributed by atoms with Gasteiger partial charge in [0.1, 0.15) is 5.60 Å². The minimum absolute atomic E-state index is 0.211. The number of amides is 1. The van der Waals surface area contributed by atoms with E-state index in [2.05, 4.69) is 0 Å². The number of carbonyl (C=O) groups excluding carboxylic acids is 1. The number of likely N-dealkylation sites (tertiary alicyclic amines) is 1. The van der Waals surface area contributed by atoms with Gasteiger partial charge in [0.2, 0.25) is 0 Å². The highest BCUT2D eigenvalue weighted by molar-refractivity contribution is 6.18. The van der Waals surface area contributed by atoms with Crippen LogP contribution in [0.1, 0.15) is 33.6 Å². The van der Waals surface area contributed by atoms with Crippen molar-refractivity contribution in [1.82, 2.24) is 4.90 Å². The van der Waals surface area contributed by atoms with Crippen LogP contribution in [0.25, 0.3) is 0 Å². The van der Waals surface area contributed by atoms with Gasteiger partial charge in [-0.05, 0) is 39.5 Å². The molecule has 0 saturated carbocycles. The number of hydrogen-bond acceptors (Lipinski definition) is 2. The Labute approximate surface area is 96.7 Å². The summed E-state index contributed by atoms with van der Waals surface area (Å²) in [4.78, 5) is 13.5. The van der Waals surface area contributed by atoms with E-state index in [-0.39, 0.29) is 6.09 Å². The lowest BCUT2D eigenvalue weighted by molar-refractivity contribution is 0.0176. The van der Waals surface area contributed by atoms with E-state index < -0.39 is 5.60 Å². The molecule has 0 aliphatic carbocycles. The Morgan fingerprint density at radius 2 is 2.20 bits per heavy atom. The van der Waals surface area contributed by atoms with E-state index in [0.717, 1.165) is 25.9 Å². The number of piperidine rings is 1.